The van der Waals surface area contributed by atoms with Crippen molar-refractivity contribution < 1.29 is 27.5 Å². The molecular formula is C30H30F3N7O3. The van der Waals surface area contributed by atoms with Gasteiger partial charge in [-0.3, -0.25) is 24.4 Å². The molecule has 1 unspecified atom stereocenters. The summed E-state index contributed by atoms with van der Waals surface area (Å²) in [5.74, 6) is -4.78. The lowest BCUT2D eigenvalue weighted by molar-refractivity contribution is -0.119. The molecule has 0 bridgehead atoms. The highest BCUT2D eigenvalue weighted by atomic mass is 19.2. The number of H-pyrrole nitrogens is 1. The van der Waals surface area contributed by atoms with Crippen LogP contribution in [0, 0.1) is 36.7 Å². The molecule has 0 radical (unpaired) electrons. The summed E-state index contributed by atoms with van der Waals surface area (Å²) < 4.78 is 51.3. The molecular weight excluding hydrogens is 563 g/mol. The molecule has 2 atom stereocenters. The van der Waals surface area contributed by atoms with Gasteiger partial charge in [0.1, 0.15) is 23.2 Å². The van der Waals surface area contributed by atoms with E-state index in [4.69, 9.17) is 4.74 Å². The maximum atomic E-state index is 15.3. The van der Waals surface area contributed by atoms with Crippen LogP contribution in [0.5, 0.6) is 5.75 Å². The first-order chi connectivity index (χ1) is 20.5. The molecule has 1 spiro atoms. The van der Waals surface area contributed by atoms with Crippen molar-refractivity contribution in [3.63, 3.8) is 0 Å². The third-order valence-corrected chi connectivity index (χ3v) is 8.22. The zero-order chi connectivity index (χ0) is 30.6. The van der Waals surface area contributed by atoms with Gasteiger partial charge in [0.25, 0.3) is 5.91 Å². The lowest BCUT2D eigenvalue weighted by Gasteiger charge is -2.38. The number of nitrogens with one attached hydrogen (secondary N) is 3. The second kappa shape index (κ2) is 10.5. The van der Waals surface area contributed by atoms with E-state index in [2.05, 4.69) is 30.9 Å². The van der Waals surface area contributed by atoms with Gasteiger partial charge >= 0.3 is 0 Å². The molecule has 1 aromatic carbocycles. The summed E-state index contributed by atoms with van der Waals surface area (Å²) in [4.78, 5) is 31.9. The van der Waals surface area contributed by atoms with Crippen LogP contribution in [0.4, 0.5) is 18.9 Å². The number of benzene rings is 1. The molecule has 2 amide bonds. The van der Waals surface area contributed by atoms with Gasteiger partial charge in [-0.1, -0.05) is 0 Å². The molecule has 10 nitrogen and oxygen atoms in total. The number of hydrogen-bond acceptors (Lipinski definition) is 6. The summed E-state index contributed by atoms with van der Waals surface area (Å²) in [7, 11) is 0. The highest BCUT2D eigenvalue weighted by Gasteiger charge is 2.58. The maximum absolute atomic E-state index is 15.3. The average Bonchev–Trinajstić information content (AvgIpc) is 3.38. The summed E-state index contributed by atoms with van der Waals surface area (Å²) in [5.41, 5.74) is 1.76. The maximum Gasteiger partial charge on any atom is 0.270 e. The van der Waals surface area contributed by atoms with E-state index in [0.29, 0.717) is 29.8 Å². The predicted octanol–water partition coefficient (Wildman–Crippen LogP) is 4.98. The van der Waals surface area contributed by atoms with E-state index in [-0.39, 0.29) is 41.0 Å². The molecule has 3 aromatic heterocycles. The Morgan fingerprint density at radius 2 is 1.86 bits per heavy atom. The number of aryl methyl sites for hydroxylation is 2. The van der Waals surface area contributed by atoms with Gasteiger partial charge in [0.15, 0.2) is 17.5 Å². The standard InChI is InChI=1S/C30H30F3N7O3/c1-14(2)40-22(5-8-35-40)28(41)37-27(25-18-10-19(31)20(32)11-23(18)43-13-30(25)6-7-30)29(42)36-17-9-21(33)26(34-12-17)24-15(3)38-39-16(24)4/h5,8-12,14,25,27H,6-7,13H2,1-4H3,(H,36,42)(H,37,41)(H,38,39)/t25?,27-/m0/s1. The first kappa shape index (κ1) is 28.4. The van der Waals surface area contributed by atoms with Crippen molar-refractivity contribution in [3.8, 4) is 17.0 Å². The molecule has 224 valence electrons. The molecule has 6 rings (SSSR count). The van der Waals surface area contributed by atoms with E-state index in [1.165, 1.54) is 23.1 Å². The van der Waals surface area contributed by atoms with Crippen LogP contribution in [0.3, 0.4) is 0 Å². The van der Waals surface area contributed by atoms with E-state index < -0.39 is 46.6 Å². The number of carbonyl (C=O) groups is 2. The van der Waals surface area contributed by atoms with Crippen LogP contribution in [0.1, 0.15) is 66.1 Å². The first-order valence-corrected chi connectivity index (χ1v) is 13.9. The summed E-state index contributed by atoms with van der Waals surface area (Å²) in [6.45, 7) is 7.35. The number of rotatable bonds is 7. The smallest absolute Gasteiger partial charge is 0.270 e. The number of carbonyl (C=O) groups excluding carboxylic acids is 2. The van der Waals surface area contributed by atoms with Crippen molar-refractivity contribution in [2.45, 2.75) is 58.5 Å². The minimum absolute atomic E-state index is 0.0546. The number of aromatic amines is 1. The molecule has 1 fully saturated rings. The minimum atomic E-state index is -1.26. The Labute approximate surface area is 245 Å². The number of pyridine rings is 1. The van der Waals surface area contributed by atoms with Crippen molar-refractivity contribution in [2.75, 3.05) is 11.9 Å². The van der Waals surface area contributed by atoms with Crippen LogP contribution in [0.15, 0.2) is 36.7 Å². The van der Waals surface area contributed by atoms with Crippen LogP contribution in [0.2, 0.25) is 0 Å². The SMILES string of the molecule is Cc1n[nH]c(C)c1-c1ncc(NC(=O)[C@@H](NC(=O)c2ccnn2C(C)C)C2c3cc(F)c(F)cc3OCC23CC3)cc1F. The fraction of sp³-hybridized carbons (Fsp3) is 0.367. The van der Waals surface area contributed by atoms with Crippen molar-refractivity contribution in [1.29, 1.82) is 0 Å². The molecule has 1 saturated carbocycles. The lowest BCUT2D eigenvalue weighted by atomic mass is 9.75. The first-order valence-electron chi connectivity index (χ1n) is 13.9. The van der Waals surface area contributed by atoms with Crippen LogP contribution in [0.25, 0.3) is 11.3 Å². The zero-order valence-corrected chi connectivity index (χ0v) is 24.0. The number of aromatic nitrogens is 5. The number of amides is 2. The lowest BCUT2D eigenvalue weighted by Crippen LogP contribution is -2.52. The fourth-order valence-electron chi connectivity index (χ4n) is 5.93. The number of nitrogens with zero attached hydrogens (tertiary/aromatic N) is 4. The van der Waals surface area contributed by atoms with Gasteiger partial charge in [0, 0.05) is 52.5 Å². The molecule has 43 heavy (non-hydrogen) atoms. The Balaban J connectivity index is 1.38. The topological polar surface area (TPSA) is 127 Å². The molecule has 1 aliphatic carbocycles. The number of hydrogen-bond donors (Lipinski definition) is 3. The summed E-state index contributed by atoms with van der Waals surface area (Å²) >= 11 is 0. The Morgan fingerprint density at radius 3 is 2.51 bits per heavy atom. The van der Waals surface area contributed by atoms with E-state index in [9.17, 15) is 18.4 Å². The molecule has 3 N–H and O–H groups in total. The largest absolute Gasteiger partial charge is 0.493 e. The van der Waals surface area contributed by atoms with Crippen LogP contribution in [-0.2, 0) is 4.79 Å². The van der Waals surface area contributed by atoms with Crippen molar-refractivity contribution in [1.82, 2.24) is 30.3 Å². The Kier molecular flexibility index (Phi) is 6.98. The van der Waals surface area contributed by atoms with Gasteiger partial charge in [-0.25, -0.2) is 13.2 Å². The average molecular weight is 594 g/mol. The number of anilines is 1. The van der Waals surface area contributed by atoms with Crippen LogP contribution < -0.4 is 15.4 Å². The van der Waals surface area contributed by atoms with Crippen LogP contribution in [-0.4, -0.2) is 49.4 Å². The monoisotopic (exact) mass is 593 g/mol. The summed E-state index contributed by atoms with van der Waals surface area (Å²) in [6, 6.07) is 3.23. The van der Waals surface area contributed by atoms with E-state index in [0.717, 1.165) is 18.2 Å². The van der Waals surface area contributed by atoms with E-state index in [1.54, 1.807) is 13.8 Å². The normalized spacial score (nSPS) is 17.3. The minimum Gasteiger partial charge on any atom is -0.493 e. The second-order valence-corrected chi connectivity index (χ2v) is 11.5. The Bertz CT molecular complexity index is 1730. The summed E-state index contributed by atoms with van der Waals surface area (Å²) in [6.07, 6.45) is 4.09. The number of fused-ring (bicyclic) bond motifs is 1. The van der Waals surface area contributed by atoms with Crippen molar-refractivity contribution in [3.05, 3.63) is 76.8 Å². The fourth-order valence-corrected chi connectivity index (χ4v) is 5.93. The van der Waals surface area contributed by atoms with Crippen molar-refractivity contribution in [2.24, 2.45) is 5.41 Å². The zero-order valence-electron chi connectivity index (χ0n) is 24.0. The van der Waals surface area contributed by atoms with Gasteiger partial charge in [-0.05, 0) is 52.7 Å². The van der Waals surface area contributed by atoms with Gasteiger partial charge in [-0.15, -0.1) is 0 Å². The number of ether oxygens (including phenoxy) is 1. The second-order valence-electron chi connectivity index (χ2n) is 11.5. The molecule has 13 heteroatoms. The van der Waals surface area contributed by atoms with E-state index in [1.807, 2.05) is 13.8 Å². The quantitative estimate of drug-likeness (QED) is 0.278. The third-order valence-electron chi connectivity index (χ3n) is 8.22. The van der Waals surface area contributed by atoms with E-state index >= 15 is 4.39 Å². The highest BCUT2D eigenvalue weighted by molar-refractivity contribution is 6.01. The summed E-state index contributed by atoms with van der Waals surface area (Å²) in [5, 5.41) is 16.6. The van der Waals surface area contributed by atoms with Gasteiger partial charge in [0.05, 0.1) is 24.2 Å². The molecule has 4 heterocycles. The molecule has 2 aliphatic rings. The molecule has 0 saturated heterocycles. The number of halogens is 3. The predicted molar refractivity (Wildman–Crippen MR) is 150 cm³/mol. The third kappa shape index (κ3) is 5.02. The molecule has 4 aromatic rings. The highest BCUT2D eigenvalue weighted by Crippen LogP contribution is 2.61. The van der Waals surface area contributed by atoms with Crippen molar-refractivity contribution >= 4 is 17.5 Å². The Morgan fingerprint density at radius 1 is 1.12 bits per heavy atom. The van der Waals surface area contributed by atoms with Crippen LogP contribution >= 0.6 is 0 Å². The van der Waals surface area contributed by atoms with Gasteiger partial charge in [0.2, 0.25) is 5.91 Å². The Hall–Kier alpha value is -4.68. The van der Waals surface area contributed by atoms with Gasteiger partial charge < -0.3 is 15.4 Å². The molecule has 1 aliphatic heterocycles. The van der Waals surface area contributed by atoms with Gasteiger partial charge in [-0.2, -0.15) is 10.2 Å².